The number of halogens is 2. The van der Waals surface area contributed by atoms with Gasteiger partial charge in [0.15, 0.2) is 5.96 Å². The van der Waals surface area contributed by atoms with Crippen molar-refractivity contribution in [1.82, 2.24) is 10.6 Å². The van der Waals surface area contributed by atoms with E-state index < -0.39 is 9.84 Å². The van der Waals surface area contributed by atoms with Gasteiger partial charge in [0, 0.05) is 30.9 Å². The Labute approximate surface area is 161 Å². The van der Waals surface area contributed by atoms with Gasteiger partial charge in [0.1, 0.15) is 9.84 Å². The molecule has 1 rings (SSSR count). The van der Waals surface area contributed by atoms with Gasteiger partial charge in [-0.1, -0.05) is 29.8 Å². The maximum Gasteiger partial charge on any atom is 0.191 e. The highest BCUT2D eigenvalue weighted by atomic mass is 127. The summed E-state index contributed by atoms with van der Waals surface area (Å²) < 4.78 is 22.1. The van der Waals surface area contributed by atoms with Crippen LogP contribution in [0.1, 0.15) is 18.9 Å². The Morgan fingerprint density at radius 1 is 1.26 bits per heavy atom. The minimum atomic E-state index is -2.92. The van der Waals surface area contributed by atoms with Crippen LogP contribution in [-0.2, 0) is 16.3 Å². The summed E-state index contributed by atoms with van der Waals surface area (Å²) in [5.74, 6) is 0.860. The zero-order valence-corrected chi connectivity index (χ0v) is 17.4. The fourth-order valence-electron chi connectivity index (χ4n) is 1.88. The second-order valence-corrected chi connectivity index (χ2v) is 7.68. The number of sulfone groups is 1. The Morgan fingerprint density at radius 2 is 1.96 bits per heavy atom. The number of hydrogen-bond donors (Lipinski definition) is 2. The van der Waals surface area contributed by atoms with E-state index in [0.29, 0.717) is 25.5 Å². The largest absolute Gasteiger partial charge is 0.357 e. The minimum absolute atomic E-state index is 0. The molecule has 0 spiro atoms. The fourth-order valence-corrected chi connectivity index (χ4v) is 2.76. The van der Waals surface area contributed by atoms with E-state index in [9.17, 15) is 8.42 Å². The van der Waals surface area contributed by atoms with Crippen molar-refractivity contribution in [3.05, 3.63) is 34.9 Å². The van der Waals surface area contributed by atoms with Crippen LogP contribution in [0.15, 0.2) is 29.3 Å². The number of hydrogen-bond acceptors (Lipinski definition) is 3. The zero-order chi connectivity index (χ0) is 16.4. The lowest BCUT2D eigenvalue weighted by molar-refractivity contribution is 0.599. The Kier molecular flexibility index (Phi) is 11.6. The Balaban J connectivity index is 0.00000484. The van der Waals surface area contributed by atoms with E-state index in [4.69, 9.17) is 11.6 Å². The molecule has 0 aliphatic heterocycles. The third-order valence-electron chi connectivity index (χ3n) is 2.93. The van der Waals surface area contributed by atoms with E-state index in [1.807, 2.05) is 31.2 Å². The van der Waals surface area contributed by atoms with Crippen molar-refractivity contribution in [2.75, 3.05) is 31.6 Å². The molecule has 0 radical (unpaired) electrons. The second-order valence-electron chi connectivity index (χ2n) is 5.01. The van der Waals surface area contributed by atoms with Crippen LogP contribution >= 0.6 is 35.6 Å². The predicted molar refractivity (Wildman–Crippen MR) is 109 cm³/mol. The highest BCUT2D eigenvalue weighted by Gasteiger charge is 2.02. The second kappa shape index (κ2) is 11.9. The summed E-state index contributed by atoms with van der Waals surface area (Å²) in [6.07, 6.45) is 2.57. The number of rotatable bonds is 8. The van der Waals surface area contributed by atoms with Gasteiger partial charge < -0.3 is 10.6 Å². The Morgan fingerprint density at radius 3 is 2.57 bits per heavy atom. The van der Waals surface area contributed by atoms with Gasteiger partial charge >= 0.3 is 0 Å². The summed E-state index contributed by atoms with van der Waals surface area (Å²) >= 11 is 6.12. The van der Waals surface area contributed by atoms with E-state index in [1.165, 1.54) is 6.26 Å². The molecule has 0 aliphatic rings. The number of nitrogens with one attached hydrogen (secondary N) is 2. The molecule has 0 fully saturated rings. The van der Waals surface area contributed by atoms with Crippen molar-refractivity contribution in [3.8, 4) is 0 Å². The highest BCUT2D eigenvalue weighted by molar-refractivity contribution is 14.0. The van der Waals surface area contributed by atoms with Gasteiger partial charge in [-0.15, -0.1) is 24.0 Å². The van der Waals surface area contributed by atoms with Crippen LogP contribution in [0.2, 0.25) is 5.02 Å². The van der Waals surface area contributed by atoms with Gasteiger partial charge in [-0.25, -0.2) is 8.42 Å². The monoisotopic (exact) mass is 473 g/mol. The average Bonchev–Trinajstić information content (AvgIpc) is 2.44. The highest BCUT2D eigenvalue weighted by Crippen LogP contribution is 2.14. The molecule has 0 aliphatic carbocycles. The molecule has 1 aromatic carbocycles. The molecule has 0 amide bonds. The van der Waals surface area contributed by atoms with E-state index in [2.05, 4.69) is 15.6 Å². The standard InChI is InChI=1S/C15H24ClN3O2S.HI/c1-3-17-15(18-10-6-12-22(2,20)21)19-11-9-13-7-4-5-8-14(13)16;/h4-5,7-8H,3,6,9-12H2,1-2H3,(H2,17,18,19);1H. The number of nitrogens with zero attached hydrogens (tertiary/aromatic N) is 1. The first kappa shape index (κ1) is 22.5. The lowest BCUT2D eigenvalue weighted by Crippen LogP contribution is -2.38. The van der Waals surface area contributed by atoms with Crippen LogP contribution in [0.4, 0.5) is 0 Å². The van der Waals surface area contributed by atoms with Crippen molar-refractivity contribution in [2.45, 2.75) is 19.8 Å². The van der Waals surface area contributed by atoms with Crippen LogP contribution in [0, 0.1) is 0 Å². The van der Waals surface area contributed by atoms with Crippen LogP contribution < -0.4 is 10.6 Å². The zero-order valence-electron chi connectivity index (χ0n) is 13.5. The Hall–Kier alpha value is -0.540. The van der Waals surface area contributed by atoms with Crippen LogP contribution in [0.3, 0.4) is 0 Å². The van der Waals surface area contributed by atoms with Crippen LogP contribution in [0.5, 0.6) is 0 Å². The molecule has 0 saturated heterocycles. The van der Waals surface area contributed by atoms with Gasteiger partial charge in [0.05, 0.1) is 5.75 Å². The molecule has 1 aromatic rings. The fraction of sp³-hybridized carbons (Fsp3) is 0.533. The molecule has 8 heteroatoms. The lowest BCUT2D eigenvalue weighted by Gasteiger charge is -2.11. The van der Waals surface area contributed by atoms with Crippen LogP contribution in [0.25, 0.3) is 0 Å². The average molecular weight is 474 g/mol. The Bertz CT molecular complexity index is 594. The van der Waals surface area contributed by atoms with E-state index >= 15 is 0 Å². The molecule has 0 aromatic heterocycles. The van der Waals surface area contributed by atoms with Crippen LogP contribution in [-0.4, -0.2) is 46.0 Å². The summed E-state index contributed by atoms with van der Waals surface area (Å²) in [6.45, 7) is 3.93. The first-order valence-electron chi connectivity index (χ1n) is 7.35. The maximum absolute atomic E-state index is 11.1. The van der Waals surface area contributed by atoms with E-state index in [0.717, 1.165) is 23.6 Å². The molecule has 0 bridgehead atoms. The molecular weight excluding hydrogens is 449 g/mol. The molecule has 0 unspecified atom stereocenters. The van der Waals surface area contributed by atoms with Gasteiger partial charge in [0.2, 0.25) is 0 Å². The lowest BCUT2D eigenvalue weighted by atomic mass is 10.1. The van der Waals surface area contributed by atoms with Crippen molar-refractivity contribution in [3.63, 3.8) is 0 Å². The summed E-state index contributed by atoms with van der Waals surface area (Å²) in [6, 6.07) is 7.75. The number of guanidine groups is 1. The first-order chi connectivity index (χ1) is 10.4. The number of benzene rings is 1. The molecule has 5 nitrogen and oxygen atoms in total. The molecule has 2 N–H and O–H groups in total. The molecule has 0 atom stereocenters. The first-order valence-corrected chi connectivity index (χ1v) is 9.79. The molecule has 0 saturated carbocycles. The van der Waals surface area contributed by atoms with Crippen molar-refractivity contribution < 1.29 is 8.42 Å². The van der Waals surface area contributed by atoms with E-state index in [1.54, 1.807) is 0 Å². The third kappa shape index (κ3) is 10.8. The maximum atomic E-state index is 11.1. The van der Waals surface area contributed by atoms with Crippen molar-refractivity contribution >= 4 is 51.4 Å². The summed E-state index contributed by atoms with van der Waals surface area (Å²) in [4.78, 5) is 4.37. The van der Waals surface area contributed by atoms with Gasteiger partial charge in [-0.05, 0) is 31.4 Å². The molecule has 0 heterocycles. The third-order valence-corrected chi connectivity index (χ3v) is 4.33. The summed E-state index contributed by atoms with van der Waals surface area (Å²) in [5, 5.41) is 7.13. The normalized spacial score (nSPS) is 11.7. The topological polar surface area (TPSA) is 70.6 Å². The molecular formula is C15H25ClIN3O2S. The molecule has 132 valence electrons. The smallest absolute Gasteiger partial charge is 0.191 e. The summed E-state index contributed by atoms with van der Waals surface area (Å²) in [5.41, 5.74) is 1.09. The van der Waals surface area contributed by atoms with Gasteiger partial charge in [0.25, 0.3) is 0 Å². The van der Waals surface area contributed by atoms with Gasteiger partial charge in [-0.2, -0.15) is 0 Å². The predicted octanol–water partition coefficient (Wildman–Crippen LogP) is 2.49. The SMILES string of the molecule is CCNC(=NCCCS(C)(=O)=O)NCCc1ccccc1Cl.I. The van der Waals surface area contributed by atoms with Crippen molar-refractivity contribution in [1.29, 1.82) is 0 Å². The van der Waals surface area contributed by atoms with Crippen molar-refractivity contribution in [2.24, 2.45) is 4.99 Å². The number of aliphatic imine (C=N–C) groups is 1. The van der Waals surface area contributed by atoms with Gasteiger partial charge in [-0.3, -0.25) is 4.99 Å². The summed E-state index contributed by atoms with van der Waals surface area (Å²) in [7, 11) is -2.92. The minimum Gasteiger partial charge on any atom is -0.357 e. The quantitative estimate of drug-likeness (QED) is 0.263. The van der Waals surface area contributed by atoms with E-state index in [-0.39, 0.29) is 29.7 Å². The molecule has 23 heavy (non-hydrogen) atoms.